The minimum atomic E-state index is -0.406. The van der Waals surface area contributed by atoms with Crippen LogP contribution < -0.4 is 10.6 Å². The van der Waals surface area contributed by atoms with Crippen molar-refractivity contribution in [2.75, 3.05) is 5.32 Å². The van der Waals surface area contributed by atoms with E-state index in [-0.39, 0.29) is 11.8 Å². The molecule has 0 fully saturated rings. The normalized spacial score (nSPS) is 18.2. The minimum absolute atomic E-state index is 0.316. The van der Waals surface area contributed by atoms with E-state index in [1.54, 1.807) is 18.3 Å². The van der Waals surface area contributed by atoms with Gasteiger partial charge in [0.25, 0.3) is 0 Å². The van der Waals surface area contributed by atoms with E-state index in [4.69, 9.17) is 0 Å². The second-order valence-corrected chi connectivity index (χ2v) is 3.78. The Labute approximate surface area is 96.0 Å². The first-order valence-corrected chi connectivity index (χ1v) is 5.10. The van der Waals surface area contributed by atoms with Gasteiger partial charge in [0, 0.05) is 17.4 Å². The fraction of sp³-hybridized carbons (Fsp3) is 0.0909. The van der Waals surface area contributed by atoms with Crippen LogP contribution in [0.15, 0.2) is 30.5 Å². The summed E-state index contributed by atoms with van der Waals surface area (Å²) < 4.78 is 13.2. The molecule has 17 heavy (non-hydrogen) atoms. The van der Waals surface area contributed by atoms with Crippen LogP contribution in [0, 0.1) is 5.82 Å². The maximum atomic E-state index is 13.2. The number of rotatable bonds is 1. The Bertz CT molecular complexity index is 567. The number of nitrogens with one attached hydrogen (secondary N) is 3. The largest absolute Gasteiger partial charge is 0.325 e. The molecular formula is C11H9FN4O. The van der Waals surface area contributed by atoms with Crippen LogP contribution in [0.3, 0.4) is 0 Å². The van der Waals surface area contributed by atoms with Crippen LogP contribution >= 0.6 is 0 Å². The number of amides is 2. The highest BCUT2D eigenvalue weighted by atomic mass is 19.1. The molecule has 6 heteroatoms. The summed E-state index contributed by atoms with van der Waals surface area (Å²) in [5.74, 6) is -0.341. The summed E-state index contributed by atoms with van der Waals surface area (Å²) in [6.45, 7) is 0. The van der Waals surface area contributed by atoms with E-state index in [0.717, 1.165) is 0 Å². The van der Waals surface area contributed by atoms with E-state index in [1.165, 1.54) is 12.1 Å². The Morgan fingerprint density at radius 2 is 2.18 bits per heavy atom. The van der Waals surface area contributed by atoms with Crippen molar-refractivity contribution in [3.05, 3.63) is 47.5 Å². The molecular weight excluding hydrogens is 223 g/mol. The van der Waals surface area contributed by atoms with Gasteiger partial charge in [0.05, 0.1) is 11.7 Å². The molecule has 1 aliphatic heterocycles. The van der Waals surface area contributed by atoms with E-state index in [1.807, 2.05) is 0 Å². The summed E-state index contributed by atoms with van der Waals surface area (Å²) in [7, 11) is 0. The molecule has 1 aromatic carbocycles. The number of H-pyrrole nitrogens is 1. The molecule has 2 aromatic rings. The monoisotopic (exact) mass is 232 g/mol. The van der Waals surface area contributed by atoms with Crippen LogP contribution in [-0.2, 0) is 0 Å². The average molecular weight is 232 g/mol. The van der Waals surface area contributed by atoms with E-state index in [0.29, 0.717) is 16.9 Å². The molecule has 2 heterocycles. The Kier molecular flexibility index (Phi) is 2.07. The molecule has 0 radical (unpaired) electrons. The molecule has 0 spiro atoms. The fourth-order valence-corrected chi connectivity index (χ4v) is 1.93. The molecule has 0 bridgehead atoms. The molecule has 0 saturated carbocycles. The van der Waals surface area contributed by atoms with E-state index in [2.05, 4.69) is 20.8 Å². The lowest BCUT2D eigenvalue weighted by molar-refractivity contribution is 0.248. The first-order valence-electron chi connectivity index (χ1n) is 5.10. The van der Waals surface area contributed by atoms with Crippen LogP contribution in [0.25, 0.3) is 0 Å². The predicted molar refractivity (Wildman–Crippen MR) is 59.0 cm³/mol. The van der Waals surface area contributed by atoms with Gasteiger partial charge in [0.15, 0.2) is 0 Å². The van der Waals surface area contributed by atoms with Gasteiger partial charge in [-0.1, -0.05) is 0 Å². The summed E-state index contributed by atoms with van der Waals surface area (Å²) in [4.78, 5) is 11.5. The lowest BCUT2D eigenvalue weighted by Crippen LogP contribution is -2.38. The van der Waals surface area contributed by atoms with Gasteiger partial charge in [-0.3, -0.25) is 5.10 Å². The number of aromatic nitrogens is 2. The molecule has 3 rings (SSSR count). The van der Waals surface area contributed by atoms with Crippen LogP contribution in [0.4, 0.5) is 14.9 Å². The van der Waals surface area contributed by atoms with Crippen molar-refractivity contribution in [3.63, 3.8) is 0 Å². The van der Waals surface area contributed by atoms with Crippen molar-refractivity contribution in [1.29, 1.82) is 0 Å². The van der Waals surface area contributed by atoms with Gasteiger partial charge < -0.3 is 10.6 Å². The van der Waals surface area contributed by atoms with Crippen molar-refractivity contribution in [1.82, 2.24) is 15.5 Å². The third-order valence-corrected chi connectivity index (χ3v) is 2.68. The molecule has 1 aliphatic rings. The van der Waals surface area contributed by atoms with Crippen LogP contribution in [0.5, 0.6) is 0 Å². The van der Waals surface area contributed by atoms with Gasteiger partial charge in [-0.05, 0) is 24.3 Å². The number of aromatic amines is 1. The van der Waals surface area contributed by atoms with Gasteiger partial charge in [-0.2, -0.15) is 5.10 Å². The number of urea groups is 1. The summed E-state index contributed by atoms with van der Waals surface area (Å²) in [6.07, 6.45) is 1.59. The number of hydrogen-bond acceptors (Lipinski definition) is 2. The second-order valence-electron chi connectivity index (χ2n) is 3.78. The van der Waals surface area contributed by atoms with Gasteiger partial charge in [-0.25, -0.2) is 9.18 Å². The zero-order chi connectivity index (χ0) is 11.8. The van der Waals surface area contributed by atoms with Crippen LogP contribution in [0.2, 0.25) is 0 Å². The maximum absolute atomic E-state index is 13.2. The van der Waals surface area contributed by atoms with Crippen LogP contribution in [0.1, 0.15) is 17.3 Å². The number of anilines is 1. The number of halogens is 1. The highest BCUT2D eigenvalue weighted by Crippen LogP contribution is 2.31. The number of fused-ring (bicyclic) bond motifs is 1. The molecule has 5 nitrogen and oxygen atoms in total. The molecule has 86 valence electrons. The first kappa shape index (κ1) is 9.83. The standard InChI is InChI=1S/C11H9FN4O/c12-6-1-2-8-7(5-6)10(15-11(17)14-8)9-3-4-13-16-9/h1-5,10H,(H,13,16)(H2,14,15,17). The zero-order valence-corrected chi connectivity index (χ0v) is 8.70. The van der Waals surface area contributed by atoms with Crippen molar-refractivity contribution >= 4 is 11.7 Å². The Balaban J connectivity index is 2.13. The molecule has 2 amide bonds. The van der Waals surface area contributed by atoms with Gasteiger partial charge in [-0.15, -0.1) is 0 Å². The summed E-state index contributed by atoms with van der Waals surface area (Å²) in [6, 6.07) is 5.28. The first-order chi connectivity index (χ1) is 8.24. The molecule has 1 aromatic heterocycles. The average Bonchev–Trinajstić information content (AvgIpc) is 2.82. The SMILES string of the molecule is O=C1Nc2ccc(F)cc2C(c2ccn[nH]2)N1. The fourth-order valence-electron chi connectivity index (χ4n) is 1.93. The molecule has 0 aliphatic carbocycles. The van der Waals surface area contributed by atoms with Crippen LogP contribution in [-0.4, -0.2) is 16.2 Å². The number of carbonyl (C=O) groups excluding carboxylic acids is 1. The summed E-state index contributed by atoms with van der Waals surface area (Å²) >= 11 is 0. The van der Waals surface area contributed by atoms with Crippen molar-refractivity contribution < 1.29 is 9.18 Å². The Morgan fingerprint density at radius 1 is 1.29 bits per heavy atom. The third kappa shape index (κ3) is 1.63. The quantitative estimate of drug-likeness (QED) is 0.701. The van der Waals surface area contributed by atoms with Gasteiger partial charge >= 0.3 is 6.03 Å². The number of hydrogen-bond donors (Lipinski definition) is 3. The second kappa shape index (κ2) is 3.58. The number of benzene rings is 1. The van der Waals surface area contributed by atoms with Crippen molar-refractivity contribution in [3.8, 4) is 0 Å². The molecule has 1 atom stereocenters. The number of carbonyl (C=O) groups is 1. The Hall–Kier alpha value is -2.37. The van der Waals surface area contributed by atoms with Crippen molar-refractivity contribution in [2.45, 2.75) is 6.04 Å². The number of nitrogens with zero attached hydrogens (tertiary/aromatic N) is 1. The summed E-state index contributed by atoms with van der Waals surface area (Å²) in [5.41, 5.74) is 2.00. The lowest BCUT2D eigenvalue weighted by Gasteiger charge is -2.26. The summed E-state index contributed by atoms with van der Waals surface area (Å²) in [5, 5.41) is 11.9. The smallest absolute Gasteiger partial charge is 0.320 e. The zero-order valence-electron chi connectivity index (χ0n) is 8.70. The lowest BCUT2D eigenvalue weighted by atomic mass is 10.00. The predicted octanol–water partition coefficient (Wildman–Crippen LogP) is 1.77. The van der Waals surface area contributed by atoms with Gasteiger partial charge in [0.2, 0.25) is 0 Å². The van der Waals surface area contributed by atoms with Gasteiger partial charge in [0.1, 0.15) is 5.82 Å². The van der Waals surface area contributed by atoms with E-state index in [9.17, 15) is 9.18 Å². The minimum Gasteiger partial charge on any atom is -0.325 e. The molecule has 0 saturated heterocycles. The van der Waals surface area contributed by atoms with E-state index >= 15 is 0 Å². The molecule has 3 N–H and O–H groups in total. The Morgan fingerprint density at radius 3 is 2.94 bits per heavy atom. The van der Waals surface area contributed by atoms with Crippen molar-refractivity contribution in [2.24, 2.45) is 0 Å². The maximum Gasteiger partial charge on any atom is 0.320 e. The third-order valence-electron chi connectivity index (χ3n) is 2.68. The van der Waals surface area contributed by atoms with E-state index < -0.39 is 6.04 Å². The molecule has 1 unspecified atom stereocenters. The highest BCUT2D eigenvalue weighted by Gasteiger charge is 2.26. The topological polar surface area (TPSA) is 69.8 Å². The highest BCUT2D eigenvalue weighted by molar-refractivity contribution is 5.93.